The van der Waals surface area contributed by atoms with E-state index >= 15 is 0 Å². The second-order valence-electron chi connectivity index (χ2n) is 8.95. The van der Waals surface area contributed by atoms with Crippen LogP contribution in [0.2, 0.25) is 10.0 Å². The normalized spacial score (nSPS) is 30.1. The third-order valence-electron chi connectivity index (χ3n) is 7.63. The molecule has 3 atom stereocenters. The van der Waals surface area contributed by atoms with Gasteiger partial charge >= 0.3 is 0 Å². The van der Waals surface area contributed by atoms with Crippen molar-refractivity contribution >= 4 is 34.8 Å². The number of hydrogen-bond acceptors (Lipinski definition) is 2. The van der Waals surface area contributed by atoms with Crippen LogP contribution in [0, 0.1) is 29.5 Å². The van der Waals surface area contributed by atoms with Crippen LogP contribution in [0.1, 0.15) is 49.7 Å². The van der Waals surface area contributed by atoms with Gasteiger partial charge in [0.05, 0.1) is 10.0 Å². The van der Waals surface area contributed by atoms with Crippen molar-refractivity contribution in [2.75, 3.05) is 0 Å². The first-order chi connectivity index (χ1) is 14.4. The maximum absolute atomic E-state index is 14.8. The molecule has 2 nitrogen and oxygen atoms in total. The summed E-state index contributed by atoms with van der Waals surface area (Å²) in [6.07, 6.45) is 4.96. The van der Waals surface area contributed by atoms with E-state index in [0.717, 1.165) is 36.8 Å². The van der Waals surface area contributed by atoms with Gasteiger partial charge in [-0.2, -0.15) is 0 Å². The van der Waals surface area contributed by atoms with Crippen LogP contribution in [0.4, 0.5) is 4.39 Å². The molecule has 0 saturated heterocycles. The number of carbonyl (C=O) groups is 2. The first-order valence-corrected chi connectivity index (χ1v) is 11.5. The molecule has 2 aromatic rings. The van der Waals surface area contributed by atoms with E-state index < -0.39 is 11.7 Å². The zero-order valence-electron chi connectivity index (χ0n) is 16.8. The molecule has 5 heteroatoms. The van der Waals surface area contributed by atoms with Gasteiger partial charge < -0.3 is 0 Å². The highest BCUT2D eigenvalue weighted by atomic mass is 35.5. The molecule has 4 fully saturated rings. The summed E-state index contributed by atoms with van der Waals surface area (Å²) in [5.74, 6) is -0.682. The van der Waals surface area contributed by atoms with Gasteiger partial charge in [0.25, 0.3) is 0 Å². The number of benzene rings is 2. The van der Waals surface area contributed by atoms with E-state index in [4.69, 9.17) is 23.2 Å². The highest BCUT2D eigenvalue weighted by molar-refractivity contribution is 6.42. The van der Waals surface area contributed by atoms with Crippen molar-refractivity contribution in [3.63, 3.8) is 0 Å². The molecule has 0 aliphatic heterocycles. The van der Waals surface area contributed by atoms with Crippen molar-refractivity contribution in [1.82, 2.24) is 0 Å². The van der Waals surface area contributed by atoms with Crippen molar-refractivity contribution in [3.05, 3.63) is 57.3 Å². The summed E-state index contributed by atoms with van der Waals surface area (Å²) in [7, 11) is 0. The summed E-state index contributed by atoms with van der Waals surface area (Å²) < 4.78 is 14.8. The van der Waals surface area contributed by atoms with Crippen LogP contribution in [-0.2, 0) is 16.0 Å². The second-order valence-corrected chi connectivity index (χ2v) is 9.74. The Balaban J connectivity index is 1.61. The first kappa shape index (κ1) is 20.2. The average molecular weight is 445 g/mol. The standard InChI is InChI=1S/C25H23Cl2FO2/c1-2-12-3-8-15(16-9-10-18(26)22(27)23(16)28)11-17(12)21-24(29)19-13-4-5-14(7-6-13)20(19)25(21)30/h3,8-11,13-14,19-21H,2,4-7H2,1H3/t13?,14?,19-,20+,21?. The fourth-order valence-electron chi connectivity index (χ4n) is 6.20. The molecular formula is C25H23Cl2FO2. The fourth-order valence-corrected chi connectivity index (χ4v) is 6.51. The van der Waals surface area contributed by atoms with Crippen LogP contribution in [0.15, 0.2) is 30.3 Å². The minimum Gasteiger partial charge on any atom is -0.298 e. The summed E-state index contributed by atoms with van der Waals surface area (Å²) in [5.41, 5.74) is 2.64. The summed E-state index contributed by atoms with van der Waals surface area (Å²) in [4.78, 5) is 27.0. The van der Waals surface area contributed by atoms with Gasteiger partial charge in [-0.05, 0) is 78.8 Å². The zero-order valence-corrected chi connectivity index (χ0v) is 18.3. The maximum atomic E-state index is 14.8. The minimum atomic E-state index is -0.720. The summed E-state index contributed by atoms with van der Waals surface area (Å²) in [6, 6.07) is 8.71. The number of Topliss-reactive ketones (excluding diaryl/α,β-unsaturated/α-hetero) is 2. The predicted molar refractivity (Wildman–Crippen MR) is 116 cm³/mol. The molecule has 6 rings (SSSR count). The average Bonchev–Trinajstić information content (AvgIpc) is 3.05. The SMILES string of the molecule is CCc1ccc(-c2ccc(Cl)c(Cl)c2F)cc1C1C(=O)[C@@H]2C3CCC(CC3)[C@@H]2C1=O. The van der Waals surface area contributed by atoms with Gasteiger partial charge in [0.1, 0.15) is 5.92 Å². The van der Waals surface area contributed by atoms with Crippen molar-refractivity contribution in [3.8, 4) is 11.1 Å². The molecule has 2 bridgehead atoms. The summed E-state index contributed by atoms with van der Waals surface area (Å²) >= 11 is 11.9. The molecule has 0 heterocycles. The number of carbonyl (C=O) groups excluding carboxylic acids is 2. The quantitative estimate of drug-likeness (QED) is 0.392. The van der Waals surface area contributed by atoms with Crippen LogP contribution in [-0.4, -0.2) is 11.6 Å². The van der Waals surface area contributed by atoms with E-state index in [0.29, 0.717) is 29.4 Å². The predicted octanol–water partition coefficient (Wildman–Crippen LogP) is 6.65. The summed E-state index contributed by atoms with van der Waals surface area (Å²) in [5, 5.41) is 0.0370. The Bertz CT molecular complexity index is 1030. The van der Waals surface area contributed by atoms with Crippen molar-refractivity contribution < 1.29 is 14.0 Å². The summed E-state index contributed by atoms with van der Waals surface area (Å²) in [6.45, 7) is 2.01. The molecule has 0 amide bonds. The lowest BCUT2D eigenvalue weighted by Gasteiger charge is -2.43. The van der Waals surface area contributed by atoms with E-state index in [1.165, 1.54) is 0 Å². The molecule has 156 valence electrons. The lowest BCUT2D eigenvalue weighted by molar-refractivity contribution is -0.129. The van der Waals surface area contributed by atoms with Crippen LogP contribution < -0.4 is 0 Å². The Kier molecular flexibility index (Phi) is 5.02. The Labute approximate surface area is 185 Å². The molecule has 4 aliphatic rings. The first-order valence-electron chi connectivity index (χ1n) is 10.8. The third kappa shape index (κ3) is 2.89. The number of aryl methyl sites for hydroxylation is 1. The van der Waals surface area contributed by atoms with Crippen LogP contribution in [0.5, 0.6) is 0 Å². The van der Waals surface area contributed by atoms with Gasteiger partial charge in [0.2, 0.25) is 0 Å². The van der Waals surface area contributed by atoms with Crippen molar-refractivity contribution in [2.45, 2.75) is 44.9 Å². The van der Waals surface area contributed by atoms with Crippen molar-refractivity contribution in [1.29, 1.82) is 0 Å². The van der Waals surface area contributed by atoms with Crippen molar-refractivity contribution in [2.24, 2.45) is 23.7 Å². The number of ketones is 2. The molecule has 4 aliphatic carbocycles. The van der Waals surface area contributed by atoms with Gasteiger partial charge in [-0.25, -0.2) is 4.39 Å². The topological polar surface area (TPSA) is 34.1 Å². The maximum Gasteiger partial charge on any atom is 0.151 e. The van der Waals surface area contributed by atoms with E-state index in [-0.39, 0.29) is 33.4 Å². The highest BCUT2D eigenvalue weighted by Crippen LogP contribution is 2.56. The van der Waals surface area contributed by atoms with Gasteiger partial charge in [0, 0.05) is 17.4 Å². The van der Waals surface area contributed by atoms with Gasteiger partial charge in [-0.15, -0.1) is 0 Å². The Morgan fingerprint density at radius 1 is 0.933 bits per heavy atom. The molecule has 1 unspecified atom stereocenters. The Hall–Kier alpha value is -1.71. The molecule has 0 spiro atoms. The minimum absolute atomic E-state index is 0.0841. The molecular weight excluding hydrogens is 422 g/mol. The van der Waals surface area contributed by atoms with Gasteiger partial charge in [0.15, 0.2) is 17.4 Å². The second kappa shape index (κ2) is 7.46. The molecule has 0 N–H and O–H groups in total. The smallest absolute Gasteiger partial charge is 0.151 e. The molecule has 0 aromatic heterocycles. The fraction of sp³-hybridized carbons (Fsp3) is 0.440. The van der Waals surface area contributed by atoms with E-state index in [1.54, 1.807) is 12.1 Å². The van der Waals surface area contributed by atoms with Crippen LogP contribution >= 0.6 is 23.2 Å². The van der Waals surface area contributed by atoms with Crippen LogP contribution in [0.3, 0.4) is 0 Å². The van der Waals surface area contributed by atoms with E-state index in [1.807, 2.05) is 25.1 Å². The van der Waals surface area contributed by atoms with Gasteiger partial charge in [-0.1, -0.05) is 42.3 Å². The van der Waals surface area contributed by atoms with E-state index in [2.05, 4.69) is 0 Å². The Morgan fingerprint density at radius 3 is 2.10 bits per heavy atom. The largest absolute Gasteiger partial charge is 0.298 e. The third-order valence-corrected chi connectivity index (χ3v) is 8.41. The van der Waals surface area contributed by atoms with E-state index in [9.17, 15) is 14.0 Å². The molecule has 30 heavy (non-hydrogen) atoms. The monoisotopic (exact) mass is 444 g/mol. The lowest BCUT2D eigenvalue weighted by Crippen LogP contribution is -2.41. The molecule has 0 radical (unpaired) electrons. The molecule has 2 aromatic carbocycles. The number of rotatable bonds is 3. The molecule has 4 saturated carbocycles. The van der Waals surface area contributed by atoms with Crippen LogP contribution in [0.25, 0.3) is 11.1 Å². The highest BCUT2D eigenvalue weighted by Gasteiger charge is 2.59. The lowest BCUT2D eigenvalue weighted by atomic mass is 9.59. The number of hydrogen-bond donors (Lipinski definition) is 0. The zero-order chi connectivity index (χ0) is 21.2. The van der Waals surface area contributed by atoms with Gasteiger partial charge in [-0.3, -0.25) is 9.59 Å². The number of halogens is 3. The number of fused-ring (bicyclic) bond motifs is 2. The Morgan fingerprint density at radius 2 is 1.53 bits per heavy atom.